The van der Waals surface area contributed by atoms with Crippen molar-refractivity contribution in [1.29, 1.82) is 0 Å². The zero-order valence-corrected chi connectivity index (χ0v) is 24.6. The number of halogens is 2. The molecule has 2 aromatic carbocycles. The summed E-state index contributed by atoms with van der Waals surface area (Å²) < 4.78 is 26.9. The summed E-state index contributed by atoms with van der Waals surface area (Å²) in [5, 5.41) is 3.75. The Bertz CT molecular complexity index is 1200. The topological polar surface area (TPSA) is 86.8 Å². The first-order valence-corrected chi connectivity index (χ1v) is 15.0. The fourth-order valence-corrected chi connectivity index (χ4v) is 5.33. The van der Waals surface area contributed by atoms with Gasteiger partial charge < -0.3 is 10.2 Å². The fraction of sp³-hybridized carbons (Fsp3) is 0.481. The van der Waals surface area contributed by atoms with Crippen molar-refractivity contribution in [3.8, 4) is 0 Å². The quantitative estimate of drug-likeness (QED) is 0.360. The summed E-state index contributed by atoms with van der Waals surface area (Å²) >= 11 is 12.5. The number of hydrogen-bond acceptors (Lipinski definition) is 4. The number of hydrogen-bond donors (Lipinski definition) is 1. The van der Waals surface area contributed by atoms with Gasteiger partial charge in [0.15, 0.2) is 0 Å². The van der Waals surface area contributed by atoms with Crippen LogP contribution in [0.4, 0.5) is 5.69 Å². The number of sulfonamides is 1. The predicted octanol–water partition coefficient (Wildman–Crippen LogP) is 5.60. The van der Waals surface area contributed by atoms with E-state index in [-0.39, 0.29) is 24.4 Å². The van der Waals surface area contributed by atoms with Gasteiger partial charge in [-0.3, -0.25) is 13.9 Å². The van der Waals surface area contributed by atoms with Crippen molar-refractivity contribution in [2.45, 2.75) is 72.0 Å². The Morgan fingerprint density at radius 2 is 1.65 bits per heavy atom. The van der Waals surface area contributed by atoms with Crippen LogP contribution >= 0.6 is 23.2 Å². The van der Waals surface area contributed by atoms with E-state index in [1.54, 1.807) is 30.3 Å². The summed E-state index contributed by atoms with van der Waals surface area (Å²) in [5.41, 5.74) is 1.84. The number of carbonyl (C=O) groups is 2. The van der Waals surface area contributed by atoms with Crippen LogP contribution in [0.15, 0.2) is 42.5 Å². The zero-order chi connectivity index (χ0) is 27.9. The summed E-state index contributed by atoms with van der Waals surface area (Å²) in [6.45, 7) is 9.14. The molecule has 0 aliphatic heterocycles. The fourth-order valence-electron chi connectivity index (χ4n) is 3.99. The van der Waals surface area contributed by atoms with E-state index in [2.05, 4.69) is 5.32 Å². The lowest BCUT2D eigenvalue weighted by Crippen LogP contribution is -2.53. The first-order chi connectivity index (χ1) is 17.3. The maximum atomic E-state index is 13.9. The standard InChI is InChI=1S/C27H37Cl2N3O4S/c1-7-19(5)30-27(34)24(8-2)31(16-20-13-14-21(28)15-23(20)29)26(33)17-32(37(6,35)36)25-12-10-9-11-22(25)18(3)4/h9-15,18-19,24H,7-8,16-17H2,1-6H3,(H,30,34)/t19-,24-/m0/s1. The molecule has 0 heterocycles. The molecule has 10 heteroatoms. The Hall–Kier alpha value is -2.29. The van der Waals surface area contributed by atoms with Gasteiger partial charge in [0.25, 0.3) is 0 Å². The van der Waals surface area contributed by atoms with Crippen LogP contribution < -0.4 is 9.62 Å². The lowest BCUT2D eigenvalue weighted by atomic mass is 10.0. The van der Waals surface area contributed by atoms with Gasteiger partial charge >= 0.3 is 0 Å². The molecule has 7 nitrogen and oxygen atoms in total. The van der Waals surface area contributed by atoms with Gasteiger partial charge in [-0.15, -0.1) is 0 Å². The maximum absolute atomic E-state index is 13.9. The largest absolute Gasteiger partial charge is 0.352 e. The zero-order valence-electron chi connectivity index (χ0n) is 22.3. The summed E-state index contributed by atoms with van der Waals surface area (Å²) in [5.74, 6) is -0.783. The number of carbonyl (C=O) groups excluding carboxylic acids is 2. The second kappa shape index (κ2) is 13.5. The van der Waals surface area contributed by atoms with Gasteiger partial charge in [0.05, 0.1) is 11.9 Å². The van der Waals surface area contributed by atoms with Crippen molar-refractivity contribution in [3.05, 3.63) is 63.6 Å². The lowest BCUT2D eigenvalue weighted by molar-refractivity contribution is -0.140. The average Bonchev–Trinajstić information content (AvgIpc) is 2.82. The molecule has 0 saturated heterocycles. The molecule has 0 saturated carbocycles. The number of anilines is 1. The third-order valence-corrected chi connectivity index (χ3v) is 7.96. The summed E-state index contributed by atoms with van der Waals surface area (Å²) in [6.07, 6.45) is 2.14. The van der Waals surface area contributed by atoms with E-state index in [4.69, 9.17) is 23.2 Å². The number of nitrogens with one attached hydrogen (secondary N) is 1. The van der Waals surface area contributed by atoms with Crippen molar-refractivity contribution in [1.82, 2.24) is 10.2 Å². The van der Waals surface area contributed by atoms with Gasteiger partial charge in [-0.05, 0) is 55.0 Å². The molecule has 37 heavy (non-hydrogen) atoms. The van der Waals surface area contributed by atoms with Crippen LogP contribution in [-0.2, 0) is 26.2 Å². The van der Waals surface area contributed by atoms with Crippen LogP contribution in [0.2, 0.25) is 10.0 Å². The molecule has 0 spiro atoms. The summed E-state index contributed by atoms with van der Waals surface area (Å²) in [4.78, 5) is 28.5. The van der Waals surface area contributed by atoms with E-state index < -0.39 is 28.5 Å². The van der Waals surface area contributed by atoms with Gasteiger partial charge in [0, 0.05) is 22.6 Å². The van der Waals surface area contributed by atoms with Crippen LogP contribution in [0, 0.1) is 0 Å². The van der Waals surface area contributed by atoms with Crippen molar-refractivity contribution in [2.24, 2.45) is 0 Å². The molecule has 0 fully saturated rings. The minimum atomic E-state index is -3.82. The highest BCUT2D eigenvalue weighted by molar-refractivity contribution is 7.92. The van der Waals surface area contributed by atoms with Crippen LogP contribution in [0.1, 0.15) is 64.5 Å². The minimum Gasteiger partial charge on any atom is -0.352 e. The van der Waals surface area contributed by atoms with Crippen LogP contribution in [0.5, 0.6) is 0 Å². The SMILES string of the molecule is CC[C@H](C)NC(=O)[C@H](CC)N(Cc1ccc(Cl)cc1Cl)C(=O)CN(c1ccccc1C(C)C)S(C)(=O)=O. The molecule has 0 aliphatic rings. The second-order valence-electron chi connectivity index (χ2n) is 9.48. The second-order valence-corrected chi connectivity index (χ2v) is 12.2. The van der Waals surface area contributed by atoms with E-state index in [1.165, 1.54) is 4.90 Å². The molecule has 2 amide bonds. The molecular weight excluding hydrogens is 533 g/mol. The van der Waals surface area contributed by atoms with Crippen molar-refractivity contribution in [2.75, 3.05) is 17.1 Å². The number of para-hydroxylation sites is 1. The highest BCUT2D eigenvalue weighted by Gasteiger charge is 2.33. The monoisotopic (exact) mass is 569 g/mol. The first kappa shape index (κ1) is 30.9. The highest BCUT2D eigenvalue weighted by Crippen LogP contribution is 2.30. The average molecular weight is 571 g/mol. The molecule has 0 bridgehead atoms. The molecule has 0 unspecified atom stereocenters. The Labute approximate surface area is 231 Å². The molecule has 204 valence electrons. The van der Waals surface area contributed by atoms with Gasteiger partial charge in [0.2, 0.25) is 21.8 Å². The maximum Gasteiger partial charge on any atom is 0.244 e. The Morgan fingerprint density at radius 3 is 2.19 bits per heavy atom. The van der Waals surface area contributed by atoms with Gasteiger partial charge in [-0.1, -0.05) is 75.2 Å². The summed E-state index contributed by atoms with van der Waals surface area (Å²) in [7, 11) is -3.82. The third-order valence-electron chi connectivity index (χ3n) is 6.25. The van der Waals surface area contributed by atoms with Gasteiger partial charge in [0.1, 0.15) is 12.6 Å². The number of benzene rings is 2. The number of amides is 2. The van der Waals surface area contributed by atoms with E-state index >= 15 is 0 Å². The molecule has 0 aromatic heterocycles. The van der Waals surface area contributed by atoms with Gasteiger partial charge in [-0.2, -0.15) is 0 Å². The van der Waals surface area contributed by atoms with E-state index in [0.717, 1.165) is 22.5 Å². The molecule has 2 rings (SSSR count). The normalized spacial score (nSPS) is 13.2. The smallest absolute Gasteiger partial charge is 0.244 e. The molecule has 0 radical (unpaired) electrons. The van der Waals surface area contributed by atoms with Crippen molar-refractivity contribution >= 4 is 50.7 Å². The van der Waals surface area contributed by atoms with Crippen LogP contribution in [0.25, 0.3) is 0 Å². The van der Waals surface area contributed by atoms with Crippen LogP contribution in [-0.4, -0.2) is 50.0 Å². The van der Waals surface area contributed by atoms with Gasteiger partial charge in [-0.25, -0.2) is 8.42 Å². The van der Waals surface area contributed by atoms with E-state index in [0.29, 0.717) is 27.7 Å². The molecule has 2 atom stereocenters. The Morgan fingerprint density at radius 1 is 1.00 bits per heavy atom. The van der Waals surface area contributed by atoms with E-state index in [1.807, 2.05) is 46.8 Å². The van der Waals surface area contributed by atoms with Crippen molar-refractivity contribution < 1.29 is 18.0 Å². The molecule has 1 N–H and O–H groups in total. The molecular formula is C27H37Cl2N3O4S. The first-order valence-electron chi connectivity index (χ1n) is 12.4. The van der Waals surface area contributed by atoms with Crippen LogP contribution in [0.3, 0.4) is 0 Å². The Kier molecular flexibility index (Phi) is 11.3. The Balaban J connectivity index is 2.54. The molecule has 2 aromatic rings. The third kappa shape index (κ3) is 8.35. The molecule has 0 aliphatic carbocycles. The number of nitrogens with zero attached hydrogens (tertiary/aromatic N) is 2. The van der Waals surface area contributed by atoms with Crippen molar-refractivity contribution in [3.63, 3.8) is 0 Å². The highest BCUT2D eigenvalue weighted by atomic mass is 35.5. The predicted molar refractivity (Wildman–Crippen MR) is 152 cm³/mol. The minimum absolute atomic E-state index is 0.0185. The summed E-state index contributed by atoms with van der Waals surface area (Å²) in [6, 6.07) is 11.1. The lowest BCUT2D eigenvalue weighted by Gasteiger charge is -2.34. The van der Waals surface area contributed by atoms with E-state index in [9.17, 15) is 18.0 Å². The number of rotatable bonds is 12.